The van der Waals surface area contributed by atoms with Gasteiger partial charge in [-0.3, -0.25) is 0 Å². The molecule has 0 aliphatic carbocycles. The predicted octanol–water partition coefficient (Wildman–Crippen LogP) is 5.58. The van der Waals surface area contributed by atoms with Crippen molar-refractivity contribution in [2.24, 2.45) is 0 Å². The standard InChI is InChI=1S/C18H8ClF2NO2S/c19-14-6-10(1-2-15(14)21)13-7-16(18(23)24)25-17(13)11-3-9(8-22)4-12(20)5-11/h1-7H,(H,23,24). The second kappa shape index (κ2) is 6.63. The quantitative estimate of drug-likeness (QED) is 0.649. The number of benzene rings is 2. The molecule has 7 heteroatoms. The van der Waals surface area contributed by atoms with Gasteiger partial charge in [-0.25, -0.2) is 13.6 Å². The summed E-state index contributed by atoms with van der Waals surface area (Å²) in [5.41, 5.74) is 1.44. The van der Waals surface area contributed by atoms with Crippen molar-refractivity contribution in [2.45, 2.75) is 0 Å². The Bertz CT molecular complexity index is 1040. The van der Waals surface area contributed by atoms with E-state index in [9.17, 15) is 18.7 Å². The summed E-state index contributed by atoms with van der Waals surface area (Å²) in [4.78, 5) is 11.8. The van der Waals surface area contributed by atoms with Crippen LogP contribution in [-0.4, -0.2) is 11.1 Å². The van der Waals surface area contributed by atoms with E-state index in [2.05, 4.69) is 0 Å². The van der Waals surface area contributed by atoms with Gasteiger partial charge < -0.3 is 5.11 Å². The summed E-state index contributed by atoms with van der Waals surface area (Å²) < 4.78 is 27.2. The Labute approximate surface area is 150 Å². The summed E-state index contributed by atoms with van der Waals surface area (Å²) in [6, 6.07) is 11.1. The minimum Gasteiger partial charge on any atom is -0.477 e. The van der Waals surface area contributed by atoms with Gasteiger partial charge in [0.05, 0.1) is 16.7 Å². The number of hydrogen-bond acceptors (Lipinski definition) is 3. The van der Waals surface area contributed by atoms with E-state index in [0.717, 1.165) is 17.4 Å². The molecule has 3 rings (SSSR count). The van der Waals surface area contributed by atoms with Crippen LogP contribution < -0.4 is 0 Å². The molecule has 0 unspecified atom stereocenters. The second-order valence-electron chi connectivity index (χ2n) is 5.13. The van der Waals surface area contributed by atoms with Crippen molar-refractivity contribution in [2.75, 3.05) is 0 Å². The maximum atomic E-state index is 13.8. The molecule has 3 nitrogen and oxygen atoms in total. The summed E-state index contributed by atoms with van der Waals surface area (Å²) in [7, 11) is 0. The predicted molar refractivity (Wildman–Crippen MR) is 91.8 cm³/mol. The van der Waals surface area contributed by atoms with Gasteiger partial charge in [0.15, 0.2) is 0 Å². The van der Waals surface area contributed by atoms with Gasteiger partial charge >= 0.3 is 5.97 Å². The molecule has 2 aromatic carbocycles. The van der Waals surface area contributed by atoms with E-state index in [4.69, 9.17) is 16.9 Å². The van der Waals surface area contributed by atoms with E-state index < -0.39 is 17.6 Å². The molecule has 1 N–H and O–H groups in total. The van der Waals surface area contributed by atoms with Gasteiger partial charge in [0.25, 0.3) is 0 Å². The highest BCUT2D eigenvalue weighted by Gasteiger charge is 2.18. The summed E-state index contributed by atoms with van der Waals surface area (Å²) in [5, 5.41) is 18.2. The molecule has 0 aliphatic heterocycles. The summed E-state index contributed by atoms with van der Waals surface area (Å²) in [5.74, 6) is -2.34. The van der Waals surface area contributed by atoms with Gasteiger partial charge in [-0.15, -0.1) is 11.3 Å². The molecule has 0 saturated heterocycles. The molecular formula is C18H8ClF2NO2S. The maximum absolute atomic E-state index is 13.8. The number of aromatic carboxylic acids is 1. The van der Waals surface area contributed by atoms with Crippen molar-refractivity contribution in [1.82, 2.24) is 0 Å². The molecule has 0 fully saturated rings. The largest absolute Gasteiger partial charge is 0.477 e. The lowest BCUT2D eigenvalue weighted by molar-refractivity contribution is 0.0702. The zero-order chi connectivity index (χ0) is 18.1. The number of rotatable bonds is 3. The number of nitriles is 1. The van der Waals surface area contributed by atoms with Crippen molar-refractivity contribution < 1.29 is 18.7 Å². The lowest BCUT2D eigenvalue weighted by atomic mass is 10.0. The third-order valence-corrected chi connectivity index (χ3v) is 4.92. The molecule has 0 radical (unpaired) electrons. The van der Waals surface area contributed by atoms with E-state index >= 15 is 0 Å². The van der Waals surface area contributed by atoms with E-state index in [-0.39, 0.29) is 15.5 Å². The molecule has 1 heterocycles. The first-order chi connectivity index (χ1) is 11.9. The van der Waals surface area contributed by atoms with Gasteiger partial charge in [0, 0.05) is 10.4 Å². The highest BCUT2D eigenvalue weighted by Crippen LogP contribution is 2.40. The number of carbonyl (C=O) groups is 1. The second-order valence-corrected chi connectivity index (χ2v) is 6.59. The minimum absolute atomic E-state index is 0.0354. The normalized spacial score (nSPS) is 10.5. The van der Waals surface area contributed by atoms with Gasteiger partial charge in [-0.1, -0.05) is 17.7 Å². The van der Waals surface area contributed by atoms with Crippen molar-refractivity contribution in [3.05, 3.63) is 69.6 Å². The maximum Gasteiger partial charge on any atom is 0.345 e. The molecule has 1 aromatic heterocycles. The molecular weight excluding hydrogens is 368 g/mol. The molecule has 3 aromatic rings. The summed E-state index contributed by atoms with van der Waals surface area (Å²) in [6.07, 6.45) is 0. The Morgan fingerprint density at radius 3 is 2.52 bits per heavy atom. The third-order valence-electron chi connectivity index (χ3n) is 3.46. The number of carboxylic acid groups (broad SMARTS) is 1. The molecule has 0 saturated carbocycles. The fraction of sp³-hybridized carbons (Fsp3) is 0. The van der Waals surface area contributed by atoms with Crippen LogP contribution in [0.15, 0.2) is 42.5 Å². The van der Waals surface area contributed by atoms with Crippen LogP contribution in [0.25, 0.3) is 21.6 Å². The first kappa shape index (κ1) is 17.1. The highest BCUT2D eigenvalue weighted by molar-refractivity contribution is 7.18. The van der Waals surface area contributed by atoms with Crippen LogP contribution in [0.3, 0.4) is 0 Å². The van der Waals surface area contributed by atoms with Gasteiger partial charge in [-0.2, -0.15) is 5.26 Å². The zero-order valence-corrected chi connectivity index (χ0v) is 14.0. The number of halogens is 3. The molecule has 0 amide bonds. The topological polar surface area (TPSA) is 61.1 Å². The van der Waals surface area contributed by atoms with Crippen LogP contribution >= 0.6 is 22.9 Å². The third kappa shape index (κ3) is 3.38. The van der Waals surface area contributed by atoms with Crippen LogP contribution in [0.4, 0.5) is 8.78 Å². The fourth-order valence-electron chi connectivity index (χ4n) is 2.37. The highest BCUT2D eigenvalue weighted by atomic mass is 35.5. The minimum atomic E-state index is -1.14. The molecule has 25 heavy (non-hydrogen) atoms. The molecule has 0 bridgehead atoms. The van der Waals surface area contributed by atoms with Gasteiger partial charge in [-0.05, 0) is 47.5 Å². The Morgan fingerprint density at radius 1 is 1.12 bits per heavy atom. The first-order valence-corrected chi connectivity index (χ1v) is 8.12. The van der Waals surface area contributed by atoms with Crippen LogP contribution in [-0.2, 0) is 0 Å². The number of hydrogen-bond donors (Lipinski definition) is 1. The van der Waals surface area contributed by atoms with Crippen molar-refractivity contribution >= 4 is 28.9 Å². The van der Waals surface area contributed by atoms with E-state index in [1.807, 2.05) is 6.07 Å². The van der Waals surface area contributed by atoms with Gasteiger partial charge in [0.1, 0.15) is 16.5 Å². The molecule has 0 spiro atoms. The lowest BCUT2D eigenvalue weighted by Gasteiger charge is -2.06. The van der Waals surface area contributed by atoms with Crippen molar-refractivity contribution in [3.8, 4) is 27.6 Å². The Hall–Kier alpha value is -2.75. The SMILES string of the molecule is N#Cc1cc(F)cc(-c2sc(C(=O)O)cc2-c2ccc(F)c(Cl)c2)c1. The number of thiophene rings is 1. The van der Waals surface area contributed by atoms with Crippen LogP contribution in [0.1, 0.15) is 15.2 Å². The zero-order valence-electron chi connectivity index (χ0n) is 12.4. The first-order valence-electron chi connectivity index (χ1n) is 6.92. The van der Waals surface area contributed by atoms with Crippen molar-refractivity contribution in [1.29, 1.82) is 5.26 Å². The molecule has 124 valence electrons. The average Bonchev–Trinajstić information content (AvgIpc) is 3.02. The smallest absolute Gasteiger partial charge is 0.345 e. The van der Waals surface area contributed by atoms with Crippen LogP contribution in [0, 0.1) is 23.0 Å². The average molecular weight is 376 g/mol. The molecule has 0 aliphatic rings. The van der Waals surface area contributed by atoms with Gasteiger partial charge in [0.2, 0.25) is 0 Å². The number of nitrogens with zero attached hydrogens (tertiary/aromatic N) is 1. The summed E-state index contributed by atoms with van der Waals surface area (Å²) >= 11 is 6.75. The lowest BCUT2D eigenvalue weighted by Crippen LogP contribution is -1.90. The van der Waals surface area contributed by atoms with E-state index in [1.54, 1.807) is 0 Å². The van der Waals surface area contributed by atoms with Crippen LogP contribution in [0.5, 0.6) is 0 Å². The van der Waals surface area contributed by atoms with E-state index in [1.165, 1.54) is 36.4 Å². The number of carboxylic acids is 1. The Kier molecular flexibility index (Phi) is 4.53. The van der Waals surface area contributed by atoms with E-state index in [0.29, 0.717) is 21.6 Å². The Morgan fingerprint density at radius 2 is 1.88 bits per heavy atom. The summed E-state index contributed by atoms with van der Waals surface area (Å²) in [6.45, 7) is 0. The Balaban J connectivity index is 2.26. The van der Waals surface area contributed by atoms with Crippen molar-refractivity contribution in [3.63, 3.8) is 0 Å². The van der Waals surface area contributed by atoms with Crippen LogP contribution in [0.2, 0.25) is 5.02 Å². The fourth-order valence-corrected chi connectivity index (χ4v) is 3.56. The monoisotopic (exact) mass is 375 g/mol. The molecule has 0 atom stereocenters.